The van der Waals surface area contributed by atoms with Gasteiger partial charge in [-0.05, 0) is 37.6 Å². The van der Waals surface area contributed by atoms with Crippen molar-refractivity contribution in [3.05, 3.63) is 48.0 Å². The smallest absolute Gasteiger partial charge is 0.218 e. The lowest BCUT2D eigenvalue weighted by molar-refractivity contribution is 0.200. The number of benzene rings is 1. The first kappa shape index (κ1) is 16.6. The molecule has 0 atom stereocenters. The molecule has 0 spiro atoms. The highest BCUT2D eigenvalue weighted by molar-refractivity contribution is 5.41. The minimum absolute atomic E-state index is 0.185. The summed E-state index contributed by atoms with van der Waals surface area (Å²) in [5.41, 5.74) is 1.14. The monoisotopic (exact) mass is 330 g/mol. The maximum absolute atomic E-state index is 13.0. The van der Waals surface area contributed by atoms with Crippen LogP contribution in [0.15, 0.2) is 36.7 Å². The van der Waals surface area contributed by atoms with Crippen LogP contribution in [0.1, 0.15) is 18.4 Å². The van der Waals surface area contributed by atoms with Crippen LogP contribution in [0.4, 0.5) is 10.2 Å². The van der Waals surface area contributed by atoms with Crippen LogP contribution >= 0.6 is 0 Å². The molecule has 1 aromatic carbocycles. The Morgan fingerprint density at radius 2 is 1.92 bits per heavy atom. The number of halogens is 1. The minimum Gasteiger partial charge on any atom is -0.481 e. The van der Waals surface area contributed by atoms with Gasteiger partial charge < -0.3 is 9.64 Å². The number of anilines is 1. The molecule has 0 bridgehead atoms. The van der Waals surface area contributed by atoms with Gasteiger partial charge in [0.15, 0.2) is 0 Å². The summed E-state index contributed by atoms with van der Waals surface area (Å²) in [5.74, 6) is 1.33. The van der Waals surface area contributed by atoms with Gasteiger partial charge in [-0.15, -0.1) is 0 Å². The van der Waals surface area contributed by atoms with Crippen LogP contribution in [0.2, 0.25) is 0 Å². The average Bonchev–Trinajstić information content (AvgIpc) is 2.64. The van der Waals surface area contributed by atoms with Gasteiger partial charge in [-0.25, -0.2) is 14.4 Å². The molecule has 0 N–H and O–H groups in total. The topological polar surface area (TPSA) is 41.5 Å². The van der Waals surface area contributed by atoms with Gasteiger partial charge in [-0.2, -0.15) is 0 Å². The van der Waals surface area contributed by atoms with Gasteiger partial charge in [0.05, 0.1) is 7.11 Å². The summed E-state index contributed by atoms with van der Waals surface area (Å²) in [6.45, 7) is 2.75. The zero-order valence-corrected chi connectivity index (χ0v) is 14.2. The van der Waals surface area contributed by atoms with Gasteiger partial charge in [0.25, 0.3) is 0 Å². The highest BCUT2D eigenvalue weighted by Crippen LogP contribution is 2.23. The second-order valence-electron chi connectivity index (χ2n) is 6.18. The van der Waals surface area contributed by atoms with E-state index in [0.29, 0.717) is 11.9 Å². The lowest BCUT2D eigenvalue weighted by Gasteiger charge is -2.37. The second-order valence-corrected chi connectivity index (χ2v) is 6.18. The zero-order chi connectivity index (χ0) is 16.9. The molecular formula is C18H23FN4O. The molecular weight excluding hydrogens is 307 g/mol. The van der Waals surface area contributed by atoms with E-state index >= 15 is 0 Å². The maximum Gasteiger partial charge on any atom is 0.218 e. The Labute approximate surface area is 142 Å². The molecule has 1 aliphatic heterocycles. The van der Waals surface area contributed by atoms with Crippen LogP contribution < -0.4 is 9.64 Å². The predicted octanol–water partition coefficient (Wildman–Crippen LogP) is 2.73. The van der Waals surface area contributed by atoms with E-state index in [0.717, 1.165) is 43.9 Å². The number of rotatable bonds is 5. The number of ether oxygens (including phenoxy) is 1. The molecule has 6 heteroatoms. The fraction of sp³-hybridized carbons (Fsp3) is 0.444. The Balaban J connectivity index is 1.55. The van der Waals surface area contributed by atoms with E-state index in [4.69, 9.17) is 4.74 Å². The van der Waals surface area contributed by atoms with Crippen molar-refractivity contribution in [1.29, 1.82) is 0 Å². The summed E-state index contributed by atoms with van der Waals surface area (Å²) in [6.07, 6.45) is 3.69. The van der Waals surface area contributed by atoms with E-state index in [2.05, 4.69) is 26.8 Å². The molecule has 2 heterocycles. The lowest BCUT2D eigenvalue weighted by atomic mass is 10.0. The van der Waals surface area contributed by atoms with Gasteiger partial charge in [0, 0.05) is 31.7 Å². The van der Waals surface area contributed by atoms with E-state index in [1.807, 2.05) is 18.2 Å². The highest BCUT2D eigenvalue weighted by atomic mass is 19.1. The Kier molecular flexibility index (Phi) is 5.25. The molecule has 1 aromatic heterocycles. The van der Waals surface area contributed by atoms with Crippen LogP contribution in [-0.2, 0) is 6.54 Å². The number of hydrogen-bond donors (Lipinski definition) is 0. The molecule has 1 fully saturated rings. The van der Waals surface area contributed by atoms with Gasteiger partial charge in [-0.1, -0.05) is 12.1 Å². The van der Waals surface area contributed by atoms with Crippen molar-refractivity contribution in [2.45, 2.75) is 25.4 Å². The maximum atomic E-state index is 13.0. The van der Waals surface area contributed by atoms with Crippen LogP contribution in [0, 0.1) is 5.82 Å². The molecule has 0 amide bonds. The fourth-order valence-corrected chi connectivity index (χ4v) is 3.16. The Morgan fingerprint density at radius 3 is 2.58 bits per heavy atom. The van der Waals surface area contributed by atoms with E-state index in [9.17, 15) is 4.39 Å². The first-order valence-corrected chi connectivity index (χ1v) is 8.21. The summed E-state index contributed by atoms with van der Waals surface area (Å²) < 4.78 is 18.2. The van der Waals surface area contributed by atoms with Crippen LogP contribution in [0.5, 0.6) is 5.88 Å². The summed E-state index contributed by atoms with van der Waals surface area (Å²) in [4.78, 5) is 13.0. The first-order chi connectivity index (χ1) is 11.7. The molecule has 1 aliphatic rings. The molecule has 0 unspecified atom stereocenters. The largest absolute Gasteiger partial charge is 0.481 e. The van der Waals surface area contributed by atoms with Crippen molar-refractivity contribution >= 4 is 5.82 Å². The molecule has 24 heavy (non-hydrogen) atoms. The SMILES string of the molecule is COc1cc(N2CCC(N(C)Cc3ccc(F)cc3)CC2)ncn1. The van der Waals surface area contributed by atoms with E-state index < -0.39 is 0 Å². The first-order valence-electron chi connectivity index (χ1n) is 8.21. The average molecular weight is 330 g/mol. The summed E-state index contributed by atoms with van der Waals surface area (Å²) >= 11 is 0. The van der Waals surface area contributed by atoms with Crippen molar-refractivity contribution in [3.63, 3.8) is 0 Å². The number of piperidine rings is 1. The van der Waals surface area contributed by atoms with Crippen molar-refractivity contribution in [2.75, 3.05) is 32.1 Å². The molecule has 3 rings (SSSR count). The quantitative estimate of drug-likeness (QED) is 0.843. The highest BCUT2D eigenvalue weighted by Gasteiger charge is 2.23. The lowest BCUT2D eigenvalue weighted by Crippen LogP contribution is -2.43. The predicted molar refractivity (Wildman–Crippen MR) is 91.7 cm³/mol. The number of methoxy groups -OCH3 is 1. The van der Waals surface area contributed by atoms with Gasteiger partial charge in [0.2, 0.25) is 5.88 Å². The number of aromatic nitrogens is 2. The van der Waals surface area contributed by atoms with Gasteiger partial charge >= 0.3 is 0 Å². The number of hydrogen-bond acceptors (Lipinski definition) is 5. The molecule has 128 valence electrons. The van der Waals surface area contributed by atoms with Crippen LogP contribution in [0.3, 0.4) is 0 Å². The van der Waals surface area contributed by atoms with E-state index in [-0.39, 0.29) is 5.82 Å². The molecule has 0 aliphatic carbocycles. The Morgan fingerprint density at radius 1 is 1.21 bits per heavy atom. The summed E-state index contributed by atoms with van der Waals surface area (Å²) in [5, 5.41) is 0. The standard InChI is InChI=1S/C18H23FN4O/c1-22(12-14-3-5-15(19)6-4-14)16-7-9-23(10-8-16)17-11-18(24-2)21-13-20-17/h3-6,11,13,16H,7-10,12H2,1-2H3. The number of nitrogens with zero attached hydrogens (tertiary/aromatic N) is 4. The summed E-state index contributed by atoms with van der Waals surface area (Å²) in [6, 6.07) is 9.16. The van der Waals surface area contributed by atoms with Crippen molar-refractivity contribution in [2.24, 2.45) is 0 Å². The Bertz CT molecular complexity index is 656. The van der Waals surface area contributed by atoms with Gasteiger partial charge in [-0.3, -0.25) is 4.90 Å². The molecule has 0 saturated carbocycles. The normalized spacial score (nSPS) is 15.8. The molecule has 5 nitrogen and oxygen atoms in total. The third-order valence-corrected chi connectivity index (χ3v) is 4.59. The van der Waals surface area contributed by atoms with Gasteiger partial charge in [0.1, 0.15) is 18.0 Å². The molecule has 0 radical (unpaired) electrons. The molecule has 2 aromatic rings. The van der Waals surface area contributed by atoms with Crippen molar-refractivity contribution < 1.29 is 9.13 Å². The third-order valence-electron chi connectivity index (χ3n) is 4.59. The van der Waals surface area contributed by atoms with Crippen molar-refractivity contribution in [3.8, 4) is 5.88 Å². The molecule has 1 saturated heterocycles. The minimum atomic E-state index is -0.185. The fourth-order valence-electron chi connectivity index (χ4n) is 3.16. The zero-order valence-electron chi connectivity index (χ0n) is 14.2. The van der Waals surface area contributed by atoms with E-state index in [1.165, 1.54) is 12.1 Å². The van der Waals surface area contributed by atoms with Crippen LogP contribution in [-0.4, -0.2) is 48.2 Å². The van der Waals surface area contributed by atoms with E-state index in [1.54, 1.807) is 13.4 Å². The third kappa shape index (κ3) is 4.00. The Hall–Kier alpha value is -2.21. The summed E-state index contributed by atoms with van der Waals surface area (Å²) in [7, 11) is 3.75. The van der Waals surface area contributed by atoms with Crippen molar-refractivity contribution in [1.82, 2.24) is 14.9 Å². The second kappa shape index (κ2) is 7.57. The van der Waals surface area contributed by atoms with Crippen LogP contribution in [0.25, 0.3) is 0 Å².